The van der Waals surface area contributed by atoms with Crippen LogP contribution in [0.4, 0.5) is 0 Å². The molecular formula is C18H28O2. The fourth-order valence-corrected chi connectivity index (χ4v) is 3.13. The summed E-state index contributed by atoms with van der Waals surface area (Å²) < 4.78 is 5.52. The van der Waals surface area contributed by atoms with E-state index >= 15 is 0 Å². The van der Waals surface area contributed by atoms with Gasteiger partial charge in [-0.05, 0) is 36.8 Å². The van der Waals surface area contributed by atoms with Crippen LogP contribution in [0.25, 0.3) is 0 Å². The van der Waals surface area contributed by atoms with Gasteiger partial charge in [-0.15, -0.1) is 0 Å². The van der Waals surface area contributed by atoms with E-state index in [1.54, 1.807) is 14.0 Å². The van der Waals surface area contributed by atoms with Gasteiger partial charge in [-0.25, -0.2) is 0 Å². The number of rotatable bonds is 3. The number of carbonyl (C=O) groups excluding carboxylic acids is 1. The van der Waals surface area contributed by atoms with E-state index in [0.717, 1.165) is 5.75 Å². The van der Waals surface area contributed by atoms with Crippen molar-refractivity contribution >= 4 is 5.78 Å². The van der Waals surface area contributed by atoms with Gasteiger partial charge >= 0.3 is 0 Å². The third kappa shape index (κ3) is 3.62. The first kappa shape index (κ1) is 16.7. The van der Waals surface area contributed by atoms with Gasteiger partial charge in [0, 0.05) is 0 Å². The molecule has 2 heteroatoms. The second-order valence-corrected chi connectivity index (χ2v) is 5.35. The Morgan fingerprint density at radius 3 is 2.40 bits per heavy atom. The number of Topliss-reactive ketones (excluding diaryl/α,β-unsaturated/α-hetero) is 1. The lowest BCUT2D eigenvalue weighted by Crippen LogP contribution is -2.16. The van der Waals surface area contributed by atoms with Crippen molar-refractivity contribution in [1.82, 2.24) is 0 Å². The van der Waals surface area contributed by atoms with Gasteiger partial charge in [-0.2, -0.15) is 0 Å². The molecule has 0 aliphatic heterocycles. The van der Waals surface area contributed by atoms with Crippen LogP contribution in [-0.4, -0.2) is 12.9 Å². The highest BCUT2D eigenvalue weighted by molar-refractivity contribution is 5.97. The molecule has 1 aliphatic rings. The molecule has 0 radical (unpaired) electrons. The highest BCUT2D eigenvalue weighted by Gasteiger charge is 2.26. The van der Waals surface area contributed by atoms with Crippen LogP contribution in [0.5, 0.6) is 5.75 Å². The van der Waals surface area contributed by atoms with Crippen molar-refractivity contribution in [3.8, 4) is 5.75 Å². The number of ether oxygens (including phenoxy) is 1. The largest absolute Gasteiger partial charge is 0.496 e. The summed E-state index contributed by atoms with van der Waals surface area (Å²) in [6.45, 7) is 7.91. The number of ketones is 1. The molecule has 1 aromatic carbocycles. The average molecular weight is 276 g/mol. The van der Waals surface area contributed by atoms with E-state index in [2.05, 4.69) is 13.0 Å². The Bertz CT molecular complexity index is 437. The van der Waals surface area contributed by atoms with Crippen LogP contribution in [-0.2, 0) is 0 Å². The van der Waals surface area contributed by atoms with Gasteiger partial charge in [-0.1, -0.05) is 52.2 Å². The minimum atomic E-state index is 0.0807. The van der Waals surface area contributed by atoms with Crippen LogP contribution < -0.4 is 4.74 Å². The van der Waals surface area contributed by atoms with Gasteiger partial charge < -0.3 is 4.74 Å². The van der Waals surface area contributed by atoms with Crippen molar-refractivity contribution in [3.63, 3.8) is 0 Å². The molecule has 2 rings (SSSR count). The van der Waals surface area contributed by atoms with Gasteiger partial charge in [0.15, 0.2) is 5.78 Å². The second-order valence-electron chi connectivity index (χ2n) is 5.35. The molecule has 0 saturated heterocycles. The van der Waals surface area contributed by atoms with E-state index in [1.165, 1.54) is 31.2 Å². The summed E-state index contributed by atoms with van der Waals surface area (Å²) in [5.41, 5.74) is 1.94. The number of hydrogen-bond acceptors (Lipinski definition) is 2. The summed E-state index contributed by atoms with van der Waals surface area (Å²) in [5, 5.41) is 0. The Hall–Kier alpha value is -1.31. The third-order valence-electron chi connectivity index (χ3n) is 4.14. The Labute approximate surface area is 123 Å². The predicted octanol–water partition coefficient (Wildman–Crippen LogP) is 5.22. The quantitative estimate of drug-likeness (QED) is 0.708. The molecule has 112 valence electrons. The minimum Gasteiger partial charge on any atom is -0.496 e. The van der Waals surface area contributed by atoms with Crippen molar-refractivity contribution in [3.05, 3.63) is 29.3 Å². The van der Waals surface area contributed by atoms with E-state index in [-0.39, 0.29) is 5.78 Å². The molecule has 1 saturated carbocycles. The number of hydrogen-bond donors (Lipinski definition) is 0. The molecule has 0 amide bonds. The van der Waals surface area contributed by atoms with Crippen molar-refractivity contribution < 1.29 is 9.53 Å². The molecule has 0 N–H and O–H groups in total. The number of methoxy groups -OCH3 is 1. The average Bonchev–Trinajstić information content (AvgIpc) is 2.49. The maximum absolute atomic E-state index is 11.7. The first-order valence-corrected chi connectivity index (χ1v) is 7.83. The zero-order valence-corrected chi connectivity index (χ0v) is 13.5. The number of carbonyl (C=O) groups is 1. The van der Waals surface area contributed by atoms with Crippen LogP contribution in [0.3, 0.4) is 0 Å². The molecule has 1 aliphatic carbocycles. The minimum absolute atomic E-state index is 0.0807. The predicted molar refractivity (Wildman–Crippen MR) is 84.7 cm³/mol. The van der Waals surface area contributed by atoms with Gasteiger partial charge in [0.1, 0.15) is 5.75 Å². The topological polar surface area (TPSA) is 26.3 Å². The summed E-state index contributed by atoms with van der Waals surface area (Å²) in [7, 11) is 1.67. The SMILES string of the molecule is CC.COc1c(C(C)=O)cccc1C1CCCCC1C. The van der Waals surface area contributed by atoms with Crippen LogP contribution in [0.15, 0.2) is 18.2 Å². The Balaban J connectivity index is 0.000000956. The van der Waals surface area contributed by atoms with E-state index in [4.69, 9.17) is 4.74 Å². The van der Waals surface area contributed by atoms with E-state index in [1.807, 2.05) is 26.0 Å². The zero-order valence-electron chi connectivity index (χ0n) is 13.5. The van der Waals surface area contributed by atoms with Crippen LogP contribution in [0.2, 0.25) is 0 Å². The molecule has 0 heterocycles. The highest BCUT2D eigenvalue weighted by atomic mass is 16.5. The van der Waals surface area contributed by atoms with Gasteiger partial charge in [0.25, 0.3) is 0 Å². The molecular weight excluding hydrogens is 248 g/mol. The zero-order chi connectivity index (χ0) is 15.1. The molecule has 1 fully saturated rings. The van der Waals surface area contributed by atoms with Gasteiger partial charge in [-0.3, -0.25) is 4.79 Å². The Kier molecular flexibility index (Phi) is 6.77. The number of para-hydroxylation sites is 1. The number of benzene rings is 1. The fourth-order valence-electron chi connectivity index (χ4n) is 3.13. The molecule has 2 unspecified atom stereocenters. The van der Waals surface area contributed by atoms with Gasteiger partial charge in [0.05, 0.1) is 12.7 Å². The smallest absolute Gasteiger partial charge is 0.163 e. The lowest BCUT2D eigenvalue weighted by molar-refractivity contribution is 0.101. The Morgan fingerprint density at radius 2 is 1.85 bits per heavy atom. The van der Waals surface area contributed by atoms with E-state index in [0.29, 0.717) is 17.4 Å². The van der Waals surface area contributed by atoms with Gasteiger partial charge in [0.2, 0.25) is 0 Å². The molecule has 20 heavy (non-hydrogen) atoms. The van der Waals surface area contributed by atoms with Crippen molar-refractivity contribution in [2.45, 2.75) is 59.3 Å². The lowest BCUT2D eigenvalue weighted by Gasteiger charge is -2.30. The summed E-state index contributed by atoms with van der Waals surface area (Å²) >= 11 is 0. The maximum Gasteiger partial charge on any atom is 0.163 e. The Morgan fingerprint density at radius 1 is 1.20 bits per heavy atom. The standard InChI is InChI=1S/C16H22O2.C2H6/c1-11-7-4-5-8-13(11)15-10-6-9-14(12(2)17)16(15)18-3;1-2/h6,9-11,13H,4-5,7-8H2,1-3H3;1-2H3. The first-order valence-electron chi connectivity index (χ1n) is 7.83. The summed E-state index contributed by atoms with van der Waals surface area (Å²) in [6.07, 6.45) is 5.09. The van der Waals surface area contributed by atoms with Crippen molar-refractivity contribution in [2.75, 3.05) is 7.11 Å². The van der Waals surface area contributed by atoms with E-state index < -0.39 is 0 Å². The summed E-state index contributed by atoms with van der Waals surface area (Å²) in [4.78, 5) is 11.7. The molecule has 2 atom stereocenters. The lowest BCUT2D eigenvalue weighted by atomic mass is 9.76. The van der Waals surface area contributed by atoms with Crippen molar-refractivity contribution in [1.29, 1.82) is 0 Å². The fraction of sp³-hybridized carbons (Fsp3) is 0.611. The van der Waals surface area contributed by atoms with E-state index in [9.17, 15) is 4.79 Å². The molecule has 0 bridgehead atoms. The molecule has 0 spiro atoms. The summed E-state index contributed by atoms with van der Waals surface area (Å²) in [6, 6.07) is 5.96. The molecule has 2 nitrogen and oxygen atoms in total. The first-order chi connectivity index (χ1) is 9.65. The van der Waals surface area contributed by atoms with Crippen LogP contribution >= 0.6 is 0 Å². The normalized spacial score (nSPS) is 21.6. The monoisotopic (exact) mass is 276 g/mol. The molecule has 0 aromatic heterocycles. The van der Waals surface area contributed by atoms with Crippen molar-refractivity contribution in [2.24, 2.45) is 5.92 Å². The second kappa shape index (κ2) is 8.08. The highest BCUT2D eigenvalue weighted by Crippen LogP contribution is 2.42. The summed E-state index contributed by atoms with van der Waals surface area (Å²) in [5.74, 6) is 2.09. The third-order valence-corrected chi connectivity index (χ3v) is 4.14. The maximum atomic E-state index is 11.7. The molecule has 1 aromatic rings. The van der Waals surface area contributed by atoms with Crippen LogP contribution in [0.1, 0.15) is 75.2 Å². The van der Waals surface area contributed by atoms with Crippen LogP contribution in [0, 0.1) is 5.92 Å².